The van der Waals surface area contributed by atoms with E-state index in [2.05, 4.69) is 17.2 Å². The molecule has 152 valence electrons. The largest absolute Gasteiger partial charge is 0.483 e. The Bertz CT molecular complexity index is 932. The highest BCUT2D eigenvalue weighted by atomic mass is 16.5. The van der Waals surface area contributed by atoms with Crippen LogP contribution in [0.5, 0.6) is 5.75 Å². The molecule has 0 saturated heterocycles. The van der Waals surface area contributed by atoms with Gasteiger partial charge in [0, 0.05) is 29.5 Å². The van der Waals surface area contributed by atoms with E-state index in [9.17, 15) is 9.59 Å². The molecule has 0 aliphatic heterocycles. The van der Waals surface area contributed by atoms with Crippen molar-refractivity contribution in [3.05, 3.63) is 72.8 Å². The third kappa shape index (κ3) is 6.24. The number of nitrogens with two attached hydrogens (primary N) is 1. The summed E-state index contributed by atoms with van der Waals surface area (Å²) in [7, 11) is 0. The fraction of sp³-hybridized carbons (Fsp3) is 0.217. The molecule has 0 aliphatic rings. The molecule has 6 nitrogen and oxygen atoms in total. The van der Waals surface area contributed by atoms with E-state index < -0.39 is 5.60 Å². The summed E-state index contributed by atoms with van der Waals surface area (Å²) in [4.78, 5) is 24.6. The Morgan fingerprint density at radius 3 is 2.38 bits per heavy atom. The number of benzene rings is 2. The van der Waals surface area contributed by atoms with E-state index >= 15 is 0 Å². The number of rotatable bonds is 8. The first-order valence-electron chi connectivity index (χ1n) is 9.34. The van der Waals surface area contributed by atoms with Crippen molar-refractivity contribution >= 4 is 28.9 Å². The van der Waals surface area contributed by atoms with Gasteiger partial charge in [0.05, 0.1) is 5.57 Å². The number of anilines is 3. The number of nitrogen functional groups attached to an aromatic ring is 1. The molecule has 2 amide bonds. The highest BCUT2D eigenvalue weighted by Crippen LogP contribution is 2.27. The normalized spacial score (nSPS) is 11.5. The van der Waals surface area contributed by atoms with E-state index in [1.165, 1.54) is 6.08 Å². The summed E-state index contributed by atoms with van der Waals surface area (Å²) in [6, 6.07) is 14.0. The van der Waals surface area contributed by atoms with E-state index in [0.717, 1.165) is 0 Å². The minimum absolute atomic E-state index is 0.0996. The molecule has 0 fully saturated rings. The zero-order valence-electron chi connectivity index (χ0n) is 17.0. The number of hydrogen-bond donors (Lipinski definition) is 3. The van der Waals surface area contributed by atoms with Crippen molar-refractivity contribution in [2.75, 3.05) is 16.4 Å². The summed E-state index contributed by atoms with van der Waals surface area (Å²) in [5, 5.41) is 5.62. The molecule has 0 aliphatic carbocycles. The molecule has 2 aromatic rings. The second-order valence-corrected chi connectivity index (χ2v) is 6.94. The number of allylic oxidation sites excluding steroid dienone is 2. The standard InChI is InChI=1S/C23H27N3O3/c1-5-9-20(23(3,4)29-19-13-7-10-16(24)14-19)22(28)26-18-12-8-11-17(15-18)25-21(27)6-2/h5,7-15H,1,6,24H2,2-4H3,(H,25,27)(H,26,28)/b20-9-. The van der Waals surface area contributed by atoms with Crippen LogP contribution in [0, 0.1) is 0 Å². The molecule has 0 aromatic heterocycles. The summed E-state index contributed by atoms with van der Waals surface area (Å²) < 4.78 is 6.03. The Kier molecular flexibility index (Phi) is 7.20. The van der Waals surface area contributed by atoms with Crippen LogP contribution in [-0.4, -0.2) is 17.4 Å². The van der Waals surface area contributed by atoms with Crippen LogP contribution in [0.1, 0.15) is 27.2 Å². The minimum atomic E-state index is -0.944. The van der Waals surface area contributed by atoms with Crippen LogP contribution in [0.2, 0.25) is 0 Å². The summed E-state index contributed by atoms with van der Waals surface area (Å²) in [6.07, 6.45) is 3.53. The predicted octanol–water partition coefficient (Wildman–Crippen LogP) is 4.53. The summed E-state index contributed by atoms with van der Waals surface area (Å²) in [6.45, 7) is 9.06. The molecule has 29 heavy (non-hydrogen) atoms. The van der Waals surface area contributed by atoms with Gasteiger partial charge in [-0.1, -0.05) is 37.8 Å². The first-order valence-corrected chi connectivity index (χ1v) is 9.34. The predicted molar refractivity (Wildman–Crippen MR) is 118 cm³/mol. The Morgan fingerprint density at radius 2 is 1.76 bits per heavy atom. The SMILES string of the molecule is C=C/C=C(/C(=O)Nc1cccc(NC(=O)CC)c1)C(C)(C)Oc1cccc(N)c1. The summed E-state index contributed by atoms with van der Waals surface area (Å²) in [5.74, 6) is 0.122. The topological polar surface area (TPSA) is 93.5 Å². The smallest absolute Gasteiger partial charge is 0.255 e. The van der Waals surface area contributed by atoms with Crippen molar-refractivity contribution in [2.45, 2.75) is 32.8 Å². The Labute approximate surface area is 171 Å². The molecular weight excluding hydrogens is 366 g/mol. The van der Waals surface area contributed by atoms with Gasteiger partial charge in [0.15, 0.2) is 0 Å². The molecule has 0 spiro atoms. The third-order valence-electron chi connectivity index (χ3n) is 4.13. The lowest BCUT2D eigenvalue weighted by Crippen LogP contribution is -2.37. The van der Waals surface area contributed by atoms with Gasteiger partial charge in [-0.05, 0) is 44.2 Å². The van der Waals surface area contributed by atoms with Crippen LogP contribution < -0.4 is 21.1 Å². The van der Waals surface area contributed by atoms with E-state index in [1.807, 2.05) is 0 Å². The lowest BCUT2D eigenvalue weighted by atomic mass is 9.96. The lowest BCUT2D eigenvalue weighted by molar-refractivity contribution is -0.116. The van der Waals surface area contributed by atoms with Gasteiger partial charge in [-0.25, -0.2) is 0 Å². The molecule has 0 unspecified atom stereocenters. The van der Waals surface area contributed by atoms with E-state index in [4.69, 9.17) is 10.5 Å². The van der Waals surface area contributed by atoms with E-state index in [1.54, 1.807) is 75.4 Å². The molecule has 0 radical (unpaired) electrons. The quantitative estimate of drug-likeness (QED) is 0.349. The Hall–Kier alpha value is -3.54. The molecule has 0 atom stereocenters. The lowest BCUT2D eigenvalue weighted by Gasteiger charge is -2.29. The van der Waals surface area contributed by atoms with Crippen LogP contribution in [-0.2, 0) is 9.59 Å². The van der Waals surface area contributed by atoms with Crippen molar-refractivity contribution in [1.82, 2.24) is 0 Å². The highest BCUT2D eigenvalue weighted by molar-refractivity contribution is 6.05. The second kappa shape index (κ2) is 9.59. The number of amides is 2. The number of carbonyl (C=O) groups excluding carboxylic acids is 2. The van der Waals surface area contributed by atoms with Crippen LogP contribution >= 0.6 is 0 Å². The maximum atomic E-state index is 13.0. The summed E-state index contributed by atoms with van der Waals surface area (Å²) >= 11 is 0. The molecule has 2 aromatic carbocycles. The molecule has 4 N–H and O–H groups in total. The number of ether oxygens (including phenoxy) is 1. The van der Waals surface area contributed by atoms with Gasteiger partial charge in [-0.15, -0.1) is 0 Å². The van der Waals surface area contributed by atoms with Gasteiger partial charge in [-0.3, -0.25) is 9.59 Å². The maximum Gasteiger partial charge on any atom is 0.255 e. The van der Waals surface area contributed by atoms with Gasteiger partial charge >= 0.3 is 0 Å². The zero-order chi connectivity index (χ0) is 21.4. The fourth-order valence-electron chi connectivity index (χ4n) is 2.72. The number of nitrogens with one attached hydrogen (secondary N) is 2. The van der Waals surface area contributed by atoms with Crippen molar-refractivity contribution in [3.8, 4) is 5.75 Å². The number of hydrogen-bond acceptors (Lipinski definition) is 4. The zero-order valence-corrected chi connectivity index (χ0v) is 17.0. The van der Waals surface area contributed by atoms with Crippen molar-refractivity contribution in [2.24, 2.45) is 0 Å². The van der Waals surface area contributed by atoms with Gasteiger partial charge in [0.2, 0.25) is 5.91 Å². The van der Waals surface area contributed by atoms with Crippen LogP contribution in [0.15, 0.2) is 72.8 Å². The van der Waals surface area contributed by atoms with Crippen molar-refractivity contribution in [3.63, 3.8) is 0 Å². The average molecular weight is 393 g/mol. The maximum absolute atomic E-state index is 13.0. The third-order valence-corrected chi connectivity index (χ3v) is 4.13. The monoisotopic (exact) mass is 393 g/mol. The van der Waals surface area contributed by atoms with Crippen molar-refractivity contribution < 1.29 is 14.3 Å². The minimum Gasteiger partial charge on any atom is -0.483 e. The molecular formula is C23H27N3O3. The molecule has 2 rings (SSSR count). The molecule has 0 heterocycles. The van der Waals surface area contributed by atoms with E-state index in [0.29, 0.717) is 34.8 Å². The molecule has 0 saturated carbocycles. The fourth-order valence-corrected chi connectivity index (χ4v) is 2.72. The first kappa shape index (κ1) is 21.8. The van der Waals surface area contributed by atoms with Gasteiger partial charge in [-0.2, -0.15) is 0 Å². The van der Waals surface area contributed by atoms with Gasteiger partial charge in [0.25, 0.3) is 5.91 Å². The molecule has 0 bridgehead atoms. The Balaban J connectivity index is 2.21. The van der Waals surface area contributed by atoms with Crippen LogP contribution in [0.25, 0.3) is 0 Å². The molecule has 6 heteroatoms. The first-order chi connectivity index (χ1) is 13.7. The van der Waals surface area contributed by atoms with Gasteiger partial charge in [0.1, 0.15) is 11.4 Å². The van der Waals surface area contributed by atoms with Crippen molar-refractivity contribution in [1.29, 1.82) is 0 Å². The Morgan fingerprint density at radius 1 is 1.10 bits per heavy atom. The number of carbonyl (C=O) groups is 2. The van der Waals surface area contributed by atoms with Crippen LogP contribution in [0.3, 0.4) is 0 Å². The average Bonchev–Trinajstić information content (AvgIpc) is 2.65. The van der Waals surface area contributed by atoms with Gasteiger partial charge < -0.3 is 21.1 Å². The summed E-state index contributed by atoms with van der Waals surface area (Å²) in [5.41, 5.74) is 6.99. The van der Waals surface area contributed by atoms with Crippen LogP contribution in [0.4, 0.5) is 17.1 Å². The van der Waals surface area contributed by atoms with E-state index in [-0.39, 0.29) is 11.8 Å². The highest BCUT2D eigenvalue weighted by Gasteiger charge is 2.30. The second-order valence-electron chi connectivity index (χ2n) is 6.94.